The molecule has 2 amide bonds. The maximum Gasteiger partial charge on any atom is 0.266 e. The minimum atomic E-state index is -0.832. The molecule has 0 saturated carbocycles. The summed E-state index contributed by atoms with van der Waals surface area (Å²) in [6.45, 7) is 0.444. The molecule has 2 aromatic carbocycles. The van der Waals surface area contributed by atoms with Crippen molar-refractivity contribution >= 4 is 17.5 Å². The van der Waals surface area contributed by atoms with Crippen LogP contribution in [0, 0.1) is 0 Å². The number of amides is 2. The highest BCUT2D eigenvalue weighted by molar-refractivity contribution is 5.99. The van der Waals surface area contributed by atoms with Gasteiger partial charge in [0.1, 0.15) is 5.75 Å². The molecule has 27 heavy (non-hydrogen) atoms. The zero-order valence-electron chi connectivity index (χ0n) is 15.3. The minimum Gasteiger partial charge on any atom is -0.493 e. The number of methoxy groups -OCH3 is 2. The lowest BCUT2D eigenvalue weighted by atomic mass is 10.1. The molecule has 0 unspecified atom stereocenters. The standard InChI is InChI=1S/C20H22N2O5/c1-25-16-8-7-13(11-17(16)26-2)9-10-21-19(23)12-18-20(24)22-14-5-3-4-6-15(14)27-18/h3-8,11,18H,9-10,12H2,1-2H3,(H,21,23)(H,22,24)/t18-/m0/s1. The number of rotatable bonds is 7. The Kier molecular flexibility index (Phi) is 5.80. The van der Waals surface area contributed by atoms with Gasteiger partial charge in [0, 0.05) is 6.54 Å². The molecule has 3 rings (SSSR count). The highest BCUT2D eigenvalue weighted by Crippen LogP contribution is 2.29. The number of carbonyl (C=O) groups excluding carboxylic acids is 2. The third-order valence-electron chi connectivity index (χ3n) is 4.26. The van der Waals surface area contributed by atoms with Crippen LogP contribution in [0.2, 0.25) is 0 Å². The first-order valence-corrected chi connectivity index (χ1v) is 8.65. The van der Waals surface area contributed by atoms with Crippen LogP contribution in [0.1, 0.15) is 12.0 Å². The van der Waals surface area contributed by atoms with Crippen molar-refractivity contribution in [2.24, 2.45) is 0 Å². The predicted octanol–water partition coefficient (Wildman–Crippen LogP) is 2.15. The highest BCUT2D eigenvalue weighted by atomic mass is 16.5. The van der Waals surface area contributed by atoms with Crippen LogP contribution < -0.4 is 24.8 Å². The summed E-state index contributed by atoms with van der Waals surface area (Å²) >= 11 is 0. The summed E-state index contributed by atoms with van der Waals surface area (Å²) in [5, 5.41) is 5.57. The number of benzene rings is 2. The molecule has 7 heteroatoms. The zero-order valence-corrected chi connectivity index (χ0v) is 15.3. The van der Waals surface area contributed by atoms with Crippen molar-refractivity contribution in [2.75, 3.05) is 26.1 Å². The molecular formula is C20H22N2O5. The van der Waals surface area contributed by atoms with Crippen LogP contribution in [-0.2, 0) is 16.0 Å². The van der Waals surface area contributed by atoms with Gasteiger partial charge in [-0.2, -0.15) is 0 Å². The Morgan fingerprint density at radius 3 is 2.70 bits per heavy atom. The second kappa shape index (κ2) is 8.44. The van der Waals surface area contributed by atoms with Crippen molar-refractivity contribution in [2.45, 2.75) is 18.9 Å². The monoisotopic (exact) mass is 370 g/mol. The lowest BCUT2D eigenvalue weighted by Crippen LogP contribution is -2.41. The average Bonchev–Trinajstić information content (AvgIpc) is 2.68. The maximum absolute atomic E-state index is 12.2. The maximum atomic E-state index is 12.2. The van der Waals surface area contributed by atoms with Crippen LogP contribution in [0.3, 0.4) is 0 Å². The molecule has 0 bridgehead atoms. The van der Waals surface area contributed by atoms with E-state index in [1.54, 1.807) is 26.4 Å². The fourth-order valence-corrected chi connectivity index (χ4v) is 2.85. The normalized spacial score (nSPS) is 15.2. The summed E-state index contributed by atoms with van der Waals surface area (Å²) in [5.74, 6) is 1.32. The Bertz CT molecular complexity index is 837. The molecule has 2 N–H and O–H groups in total. The van der Waals surface area contributed by atoms with E-state index >= 15 is 0 Å². The van der Waals surface area contributed by atoms with Gasteiger partial charge in [0.25, 0.3) is 5.91 Å². The van der Waals surface area contributed by atoms with Crippen LogP contribution >= 0.6 is 0 Å². The van der Waals surface area contributed by atoms with Crippen LogP contribution in [0.5, 0.6) is 17.2 Å². The number of anilines is 1. The van der Waals surface area contributed by atoms with Gasteiger partial charge in [0.05, 0.1) is 26.3 Å². The number of ether oxygens (including phenoxy) is 3. The molecule has 0 radical (unpaired) electrons. The van der Waals surface area contributed by atoms with E-state index in [1.807, 2.05) is 30.3 Å². The summed E-state index contributed by atoms with van der Waals surface area (Å²) < 4.78 is 16.1. The third kappa shape index (κ3) is 4.49. The molecular weight excluding hydrogens is 348 g/mol. The number of carbonyl (C=O) groups is 2. The average molecular weight is 370 g/mol. The van der Waals surface area contributed by atoms with Gasteiger partial charge in [0.15, 0.2) is 17.6 Å². The predicted molar refractivity (Wildman–Crippen MR) is 100 cm³/mol. The molecule has 0 aromatic heterocycles. The zero-order chi connectivity index (χ0) is 19.2. The largest absolute Gasteiger partial charge is 0.493 e. The fraction of sp³-hybridized carbons (Fsp3) is 0.300. The number of nitrogens with one attached hydrogen (secondary N) is 2. The van der Waals surface area contributed by atoms with E-state index < -0.39 is 6.10 Å². The smallest absolute Gasteiger partial charge is 0.266 e. The molecule has 7 nitrogen and oxygen atoms in total. The molecule has 0 fully saturated rings. The molecule has 0 saturated heterocycles. The van der Waals surface area contributed by atoms with E-state index in [4.69, 9.17) is 14.2 Å². The Morgan fingerprint density at radius 1 is 1.15 bits per heavy atom. The molecule has 142 valence electrons. The van der Waals surface area contributed by atoms with Gasteiger partial charge in [-0.3, -0.25) is 9.59 Å². The van der Waals surface area contributed by atoms with E-state index in [-0.39, 0.29) is 18.2 Å². The van der Waals surface area contributed by atoms with E-state index in [0.29, 0.717) is 35.9 Å². The van der Waals surface area contributed by atoms with Gasteiger partial charge >= 0.3 is 0 Å². The Labute approximate surface area is 157 Å². The van der Waals surface area contributed by atoms with Gasteiger partial charge in [-0.05, 0) is 36.2 Å². The molecule has 1 aliphatic rings. The quantitative estimate of drug-likeness (QED) is 0.780. The number of hydrogen-bond acceptors (Lipinski definition) is 5. The first-order chi connectivity index (χ1) is 13.1. The molecule has 1 aliphatic heterocycles. The molecule has 1 heterocycles. The Hall–Kier alpha value is -3.22. The summed E-state index contributed by atoms with van der Waals surface area (Å²) in [7, 11) is 3.16. The molecule has 0 spiro atoms. The van der Waals surface area contributed by atoms with Gasteiger partial charge < -0.3 is 24.8 Å². The van der Waals surface area contributed by atoms with Crippen LogP contribution in [0.25, 0.3) is 0 Å². The lowest BCUT2D eigenvalue weighted by Gasteiger charge is -2.25. The second-order valence-electron chi connectivity index (χ2n) is 6.09. The van der Waals surface area contributed by atoms with Crippen molar-refractivity contribution in [1.82, 2.24) is 5.32 Å². The van der Waals surface area contributed by atoms with E-state index in [2.05, 4.69) is 10.6 Å². The Morgan fingerprint density at radius 2 is 1.93 bits per heavy atom. The van der Waals surface area contributed by atoms with Crippen molar-refractivity contribution in [3.05, 3.63) is 48.0 Å². The van der Waals surface area contributed by atoms with Gasteiger partial charge in [-0.15, -0.1) is 0 Å². The number of hydrogen-bond donors (Lipinski definition) is 2. The summed E-state index contributed by atoms with van der Waals surface area (Å²) in [5.41, 5.74) is 1.63. The molecule has 1 atom stereocenters. The van der Waals surface area contributed by atoms with Gasteiger partial charge in [0.2, 0.25) is 5.91 Å². The highest BCUT2D eigenvalue weighted by Gasteiger charge is 2.29. The third-order valence-corrected chi connectivity index (χ3v) is 4.26. The van der Waals surface area contributed by atoms with Crippen LogP contribution in [0.4, 0.5) is 5.69 Å². The van der Waals surface area contributed by atoms with Crippen LogP contribution in [-0.4, -0.2) is 38.7 Å². The van der Waals surface area contributed by atoms with Crippen molar-refractivity contribution in [1.29, 1.82) is 0 Å². The minimum absolute atomic E-state index is 0.0356. The topological polar surface area (TPSA) is 85.9 Å². The summed E-state index contributed by atoms with van der Waals surface area (Å²) in [4.78, 5) is 24.2. The number of fused-ring (bicyclic) bond motifs is 1. The first kappa shape index (κ1) is 18.6. The summed E-state index contributed by atoms with van der Waals surface area (Å²) in [6.07, 6.45) is -0.236. The Balaban J connectivity index is 1.50. The lowest BCUT2D eigenvalue weighted by molar-refractivity contribution is -0.130. The van der Waals surface area contributed by atoms with E-state index in [1.165, 1.54) is 0 Å². The molecule has 2 aromatic rings. The number of para-hydroxylation sites is 2. The summed E-state index contributed by atoms with van der Waals surface area (Å²) in [6, 6.07) is 12.8. The van der Waals surface area contributed by atoms with E-state index in [9.17, 15) is 9.59 Å². The molecule has 0 aliphatic carbocycles. The fourth-order valence-electron chi connectivity index (χ4n) is 2.85. The van der Waals surface area contributed by atoms with Gasteiger partial charge in [-0.25, -0.2) is 0 Å². The van der Waals surface area contributed by atoms with E-state index in [0.717, 1.165) is 5.56 Å². The second-order valence-corrected chi connectivity index (χ2v) is 6.09. The van der Waals surface area contributed by atoms with Gasteiger partial charge in [-0.1, -0.05) is 18.2 Å². The SMILES string of the molecule is COc1ccc(CCNC(=O)C[C@@H]2Oc3ccccc3NC2=O)cc1OC. The van der Waals surface area contributed by atoms with Crippen molar-refractivity contribution in [3.8, 4) is 17.2 Å². The van der Waals surface area contributed by atoms with Crippen LogP contribution in [0.15, 0.2) is 42.5 Å². The first-order valence-electron chi connectivity index (χ1n) is 8.65. The van der Waals surface area contributed by atoms with Crippen molar-refractivity contribution in [3.63, 3.8) is 0 Å². The van der Waals surface area contributed by atoms with Crippen molar-refractivity contribution < 1.29 is 23.8 Å².